The van der Waals surface area contributed by atoms with Crippen molar-refractivity contribution in [1.29, 1.82) is 0 Å². The summed E-state index contributed by atoms with van der Waals surface area (Å²) in [7, 11) is 0. The maximum Gasteiger partial charge on any atom is 0.325 e. The van der Waals surface area contributed by atoms with E-state index in [2.05, 4.69) is 10.3 Å². The van der Waals surface area contributed by atoms with Crippen LogP contribution in [0.1, 0.15) is 38.2 Å². The zero-order valence-corrected chi connectivity index (χ0v) is 16.9. The molecule has 4 rings (SSSR count). The van der Waals surface area contributed by atoms with Gasteiger partial charge in [-0.05, 0) is 37.5 Å². The molecular formula is C20H24N4O3S. The molecule has 0 radical (unpaired) electrons. The van der Waals surface area contributed by atoms with Crippen molar-refractivity contribution in [3.63, 3.8) is 0 Å². The topological polar surface area (TPSA) is 82.1 Å². The molecule has 2 saturated heterocycles. The lowest BCUT2D eigenvalue weighted by molar-refractivity contribution is -0.136. The van der Waals surface area contributed by atoms with Crippen LogP contribution in [0.2, 0.25) is 0 Å². The quantitative estimate of drug-likeness (QED) is 0.791. The molecule has 8 heteroatoms. The number of nitrogens with one attached hydrogen (secondary N) is 1. The zero-order chi connectivity index (χ0) is 19.9. The maximum atomic E-state index is 13.0. The van der Waals surface area contributed by atoms with Crippen LogP contribution in [0.3, 0.4) is 0 Å². The molecule has 3 aliphatic rings. The molecule has 2 aliphatic heterocycles. The number of nitrogens with zero attached hydrogens (tertiary/aromatic N) is 3. The van der Waals surface area contributed by atoms with Crippen molar-refractivity contribution in [2.45, 2.75) is 50.3 Å². The first-order valence-electron chi connectivity index (χ1n) is 9.64. The van der Waals surface area contributed by atoms with Gasteiger partial charge in [0.25, 0.3) is 5.91 Å². The summed E-state index contributed by atoms with van der Waals surface area (Å²) in [5.74, 6) is -0.540. The number of amidine groups is 1. The summed E-state index contributed by atoms with van der Waals surface area (Å²) in [6, 6.07) is 7.32. The van der Waals surface area contributed by atoms with Gasteiger partial charge in [0.2, 0.25) is 5.91 Å². The Morgan fingerprint density at radius 2 is 2.07 bits per heavy atom. The van der Waals surface area contributed by atoms with E-state index in [1.807, 2.05) is 38.1 Å². The molecule has 1 aromatic carbocycles. The number of benzene rings is 1. The molecule has 7 nitrogen and oxygen atoms in total. The van der Waals surface area contributed by atoms with Crippen LogP contribution in [0.15, 0.2) is 29.3 Å². The van der Waals surface area contributed by atoms with E-state index < -0.39 is 11.6 Å². The van der Waals surface area contributed by atoms with E-state index in [0.717, 1.165) is 29.0 Å². The van der Waals surface area contributed by atoms with Crippen molar-refractivity contribution >= 4 is 40.5 Å². The van der Waals surface area contributed by atoms with E-state index in [1.165, 1.54) is 11.8 Å². The van der Waals surface area contributed by atoms with Crippen LogP contribution in [-0.4, -0.2) is 56.7 Å². The first kappa shape index (κ1) is 19.0. The second-order valence-electron chi connectivity index (χ2n) is 7.78. The van der Waals surface area contributed by atoms with Crippen LogP contribution in [0, 0.1) is 6.92 Å². The monoisotopic (exact) mass is 400 g/mol. The van der Waals surface area contributed by atoms with E-state index in [0.29, 0.717) is 24.6 Å². The highest BCUT2D eigenvalue weighted by molar-refractivity contribution is 8.14. The van der Waals surface area contributed by atoms with E-state index in [-0.39, 0.29) is 23.6 Å². The molecule has 1 spiro atoms. The highest BCUT2D eigenvalue weighted by Gasteiger charge is 2.53. The Bertz CT molecular complexity index is 863. The molecule has 4 amide bonds. The highest BCUT2D eigenvalue weighted by Crippen LogP contribution is 2.35. The second kappa shape index (κ2) is 7.24. The highest BCUT2D eigenvalue weighted by atomic mass is 32.2. The predicted octanol–water partition coefficient (Wildman–Crippen LogP) is 2.81. The minimum absolute atomic E-state index is 0.205. The molecule has 1 saturated carbocycles. The van der Waals surface area contributed by atoms with Gasteiger partial charge in [-0.25, -0.2) is 9.79 Å². The first-order valence-corrected chi connectivity index (χ1v) is 10.5. The van der Waals surface area contributed by atoms with Gasteiger partial charge < -0.3 is 5.32 Å². The third-order valence-electron chi connectivity index (χ3n) is 5.50. The third kappa shape index (κ3) is 3.41. The smallest absolute Gasteiger partial charge is 0.323 e. The van der Waals surface area contributed by atoms with Gasteiger partial charge in [0.1, 0.15) is 12.1 Å². The van der Waals surface area contributed by atoms with Crippen LogP contribution in [-0.2, 0) is 9.59 Å². The summed E-state index contributed by atoms with van der Waals surface area (Å²) < 4.78 is 0. The molecule has 1 atom stereocenters. The normalized spacial score (nSPS) is 25.2. The molecule has 3 fully saturated rings. The van der Waals surface area contributed by atoms with Crippen LogP contribution in [0.4, 0.5) is 10.5 Å². The molecule has 148 valence electrons. The number of rotatable bonds is 3. The molecule has 1 aliphatic carbocycles. The Morgan fingerprint density at radius 3 is 2.79 bits per heavy atom. The van der Waals surface area contributed by atoms with Gasteiger partial charge in [-0.3, -0.25) is 19.4 Å². The summed E-state index contributed by atoms with van der Waals surface area (Å²) in [6.07, 6.45) is 3.14. The maximum absolute atomic E-state index is 13.0. The number of carbonyl (C=O) groups is 3. The fourth-order valence-corrected chi connectivity index (χ4v) is 5.12. The Morgan fingerprint density at radius 1 is 1.32 bits per heavy atom. The molecule has 1 N–H and O–H groups in total. The summed E-state index contributed by atoms with van der Waals surface area (Å²) in [4.78, 5) is 45.4. The Kier molecular flexibility index (Phi) is 4.91. The minimum Gasteiger partial charge on any atom is -0.323 e. The van der Waals surface area contributed by atoms with E-state index in [4.69, 9.17) is 0 Å². The largest absolute Gasteiger partial charge is 0.325 e. The number of thioether (sulfide) groups is 1. The molecule has 1 aromatic rings. The predicted molar refractivity (Wildman–Crippen MR) is 108 cm³/mol. The van der Waals surface area contributed by atoms with Crippen LogP contribution in [0.5, 0.6) is 0 Å². The summed E-state index contributed by atoms with van der Waals surface area (Å²) in [6.45, 7) is 4.30. The lowest BCUT2D eigenvalue weighted by atomic mass is 9.98. The van der Waals surface area contributed by atoms with Crippen molar-refractivity contribution in [2.75, 3.05) is 13.1 Å². The number of carbonyl (C=O) groups excluding carboxylic acids is 3. The van der Waals surface area contributed by atoms with Crippen molar-refractivity contribution in [1.82, 2.24) is 15.1 Å². The zero-order valence-electron chi connectivity index (χ0n) is 16.1. The minimum atomic E-state index is -0.789. The fourth-order valence-electron chi connectivity index (χ4n) is 4.08. The number of hydrogen-bond donors (Lipinski definition) is 1. The van der Waals surface area contributed by atoms with Gasteiger partial charge in [0, 0.05) is 11.8 Å². The number of urea groups is 1. The lowest BCUT2D eigenvalue weighted by Crippen LogP contribution is -2.46. The molecular weight excluding hydrogens is 376 g/mol. The number of aliphatic imine (C=N–C) groups is 1. The van der Waals surface area contributed by atoms with Gasteiger partial charge in [-0.2, -0.15) is 0 Å². The van der Waals surface area contributed by atoms with Crippen molar-refractivity contribution in [3.8, 4) is 0 Å². The van der Waals surface area contributed by atoms with Gasteiger partial charge in [0.05, 0.1) is 5.69 Å². The molecule has 0 bridgehead atoms. The van der Waals surface area contributed by atoms with Gasteiger partial charge in [-0.15, -0.1) is 0 Å². The molecule has 0 unspecified atom stereocenters. The Labute approximate surface area is 168 Å². The van der Waals surface area contributed by atoms with Crippen LogP contribution < -0.4 is 5.32 Å². The Balaban J connectivity index is 1.52. The van der Waals surface area contributed by atoms with Crippen LogP contribution >= 0.6 is 11.8 Å². The average molecular weight is 401 g/mol. The molecule has 0 aromatic heterocycles. The Hall–Kier alpha value is -2.35. The lowest BCUT2D eigenvalue weighted by Gasteiger charge is -2.21. The molecule has 28 heavy (non-hydrogen) atoms. The van der Waals surface area contributed by atoms with Gasteiger partial charge in [0.15, 0.2) is 5.17 Å². The van der Waals surface area contributed by atoms with Crippen molar-refractivity contribution in [2.24, 2.45) is 4.99 Å². The summed E-state index contributed by atoms with van der Waals surface area (Å²) >= 11 is 1.53. The van der Waals surface area contributed by atoms with Gasteiger partial charge >= 0.3 is 6.03 Å². The average Bonchev–Trinajstić information content (AvgIpc) is 3.31. The number of hydrogen-bond acceptors (Lipinski definition) is 5. The van der Waals surface area contributed by atoms with E-state index >= 15 is 0 Å². The number of amides is 4. The van der Waals surface area contributed by atoms with Crippen molar-refractivity contribution in [3.05, 3.63) is 29.8 Å². The van der Waals surface area contributed by atoms with Crippen molar-refractivity contribution < 1.29 is 14.4 Å². The third-order valence-corrected chi connectivity index (χ3v) is 6.57. The van der Waals surface area contributed by atoms with E-state index in [1.54, 1.807) is 4.90 Å². The standard InChI is InChI=1S/C20H24N4O3S/c1-13-6-5-7-15(10-13)21-19-23(11-14(2)28-19)16(25)12-24-17(26)20(22-18(24)27)8-3-4-9-20/h5-7,10,14H,3-4,8-9,11-12H2,1-2H3,(H,22,27)/t14-/m0/s1. The SMILES string of the molecule is Cc1cccc(N=C2S[C@@H](C)CN2C(=O)CN2C(=O)NC3(CCCC3)C2=O)c1. The molecule has 2 heterocycles. The fraction of sp³-hybridized carbons (Fsp3) is 0.500. The van der Waals surface area contributed by atoms with Crippen LogP contribution in [0.25, 0.3) is 0 Å². The second-order valence-corrected chi connectivity index (χ2v) is 9.18. The van der Waals surface area contributed by atoms with Gasteiger partial charge in [-0.1, -0.05) is 43.7 Å². The number of aryl methyl sites for hydroxylation is 1. The first-order chi connectivity index (χ1) is 13.4. The summed E-state index contributed by atoms with van der Waals surface area (Å²) in [5.41, 5.74) is 1.09. The number of imide groups is 1. The summed E-state index contributed by atoms with van der Waals surface area (Å²) in [5, 5.41) is 3.64. The van der Waals surface area contributed by atoms with E-state index in [9.17, 15) is 14.4 Å².